The summed E-state index contributed by atoms with van der Waals surface area (Å²) in [5.41, 5.74) is 7.69. The van der Waals surface area contributed by atoms with Crippen LogP contribution in [0.1, 0.15) is 39.7 Å². The molecule has 1 rings (SSSR count). The van der Waals surface area contributed by atoms with Crippen LogP contribution < -0.4 is 11.1 Å². The van der Waals surface area contributed by atoms with Crippen molar-refractivity contribution < 1.29 is 4.79 Å². The Morgan fingerprint density at radius 2 is 1.83 bits per heavy atom. The maximum atomic E-state index is 11.8. The van der Waals surface area contributed by atoms with Gasteiger partial charge in [-0.05, 0) is 36.1 Å². The first-order valence-corrected chi connectivity index (χ1v) is 6.46. The van der Waals surface area contributed by atoms with Gasteiger partial charge in [0.15, 0.2) is 0 Å². The van der Waals surface area contributed by atoms with Crippen LogP contribution >= 0.6 is 0 Å². The monoisotopic (exact) mass is 248 g/mol. The zero-order chi connectivity index (χ0) is 13.8. The fraction of sp³-hybridized carbons (Fsp3) is 0.533. The van der Waals surface area contributed by atoms with E-state index in [1.165, 1.54) is 5.56 Å². The first-order chi connectivity index (χ1) is 8.34. The van der Waals surface area contributed by atoms with Crippen LogP contribution in [0.5, 0.6) is 0 Å². The van der Waals surface area contributed by atoms with E-state index in [1.807, 2.05) is 19.1 Å². The summed E-state index contributed by atoms with van der Waals surface area (Å²) in [6.07, 6.45) is 0.714. The zero-order valence-electron chi connectivity index (χ0n) is 11.8. The summed E-state index contributed by atoms with van der Waals surface area (Å²) in [6.45, 7) is 8.95. The summed E-state index contributed by atoms with van der Waals surface area (Å²) in [5.74, 6) is -0.0127. The first-order valence-electron chi connectivity index (χ1n) is 6.46. The van der Waals surface area contributed by atoms with E-state index in [2.05, 4.69) is 38.2 Å². The molecule has 1 unspecified atom stereocenters. The van der Waals surface area contributed by atoms with E-state index in [-0.39, 0.29) is 17.2 Å². The highest BCUT2D eigenvalue weighted by Crippen LogP contribution is 2.23. The Morgan fingerprint density at radius 1 is 1.28 bits per heavy atom. The van der Waals surface area contributed by atoms with Crippen LogP contribution in [-0.4, -0.2) is 12.5 Å². The Bertz CT molecular complexity index is 390. The molecule has 0 fully saturated rings. The standard InChI is InChI=1S/C15H24N2O/c1-11(9-10-16)14(18)17-13-7-5-12(6-8-13)15(2,3)4/h5-8,11H,9-10,16H2,1-4H3,(H,17,18). The average molecular weight is 248 g/mol. The van der Waals surface area contributed by atoms with Crippen molar-refractivity contribution in [2.24, 2.45) is 11.7 Å². The highest BCUT2D eigenvalue weighted by atomic mass is 16.1. The van der Waals surface area contributed by atoms with Gasteiger partial charge in [0.2, 0.25) is 5.91 Å². The van der Waals surface area contributed by atoms with Gasteiger partial charge in [0.1, 0.15) is 0 Å². The van der Waals surface area contributed by atoms with Crippen molar-refractivity contribution >= 4 is 11.6 Å². The smallest absolute Gasteiger partial charge is 0.227 e. The lowest BCUT2D eigenvalue weighted by atomic mass is 9.87. The lowest BCUT2D eigenvalue weighted by Crippen LogP contribution is -2.22. The minimum absolute atomic E-state index is 0.0314. The summed E-state index contributed by atoms with van der Waals surface area (Å²) in [5, 5.41) is 2.91. The van der Waals surface area contributed by atoms with Crippen molar-refractivity contribution in [3.05, 3.63) is 29.8 Å². The normalized spacial score (nSPS) is 13.2. The van der Waals surface area contributed by atoms with Gasteiger partial charge in [-0.3, -0.25) is 4.79 Å². The van der Waals surface area contributed by atoms with Crippen molar-refractivity contribution in [3.8, 4) is 0 Å². The topological polar surface area (TPSA) is 55.1 Å². The van der Waals surface area contributed by atoms with E-state index in [9.17, 15) is 4.79 Å². The van der Waals surface area contributed by atoms with Gasteiger partial charge in [0.25, 0.3) is 0 Å². The van der Waals surface area contributed by atoms with Gasteiger partial charge in [-0.25, -0.2) is 0 Å². The molecule has 0 radical (unpaired) electrons. The molecule has 3 N–H and O–H groups in total. The predicted octanol–water partition coefficient (Wildman–Crippen LogP) is 2.91. The summed E-state index contributed by atoms with van der Waals surface area (Å²) < 4.78 is 0. The second-order valence-corrected chi connectivity index (χ2v) is 5.79. The fourth-order valence-electron chi connectivity index (χ4n) is 1.70. The molecule has 0 heterocycles. The van der Waals surface area contributed by atoms with Crippen molar-refractivity contribution in [1.29, 1.82) is 0 Å². The number of hydrogen-bond acceptors (Lipinski definition) is 2. The highest BCUT2D eigenvalue weighted by Gasteiger charge is 2.14. The number of nitrogens with one attached hydrogen (secondary N) is 1. The number of hydrogen-bond donors (Lipinski definition) is 2. The molecule has 1 amide bonds. The zero-order valence-corrected chi connectivity index (χ0v) is 11.8. The molecule has 100 valence electrons. The third kappa shape index (κ3) is 4.15. The molecular formula is C15H24N2O. The van der Waals surface area contributed by atoms with E-state index >= 15 is 0 Å². The summed E-state index contributed by atoms with van der Waals surface area (Å²) in [4.78, 5) is 11.8. The Morgan fingerprint density at radius 3 is 2.28 bits per heavy atom. The molecule has 1 aromatic carbocycles. The lowest BCUT2D eigenvalue weighted by molar-refractivity contribution is -0.119. The predicted molar refractivity (Wildman–Crippen MR) is 76.6 cm³/mol. The molecular weight excluding hydrogens is 224 g/mol. The van der Waals surface area contributed by atoms with Crippen LogP contribution in [0, 0.1) is 5.92 Å². The Kier molecular flexibility index (Phi) is 4.91. The largest absolute Gasteiger partial charge is 0.330 e. The number of carbonyl (C=O) groups is 1. The molecule has 0 aliphatic rings. The molecule has 0 aliphatic heterocycles. The van der Waals surface area contributed by atoms with Crippen molar-refractivity contribution in [1.82, 2.24) is 0 Å². The molecule has 1 aromatic rings. The summed E-state index contributed by atoms with van der Waals surface area (Å²) in [7, 11) is 0. The average Bonchev–Trinajstić information content (AvgIpc) is 2.28. The highest BCUT2D eigenvalue weighted by molar-refractivity contribution is 5.92. The third-order valence-electron chi connectivity index (χ3n) is 3.07. The summed E-state index contributed by atoms with van der Waals surface area (Å²) >= 11 is 0. The first kappa shape index (κ1) is 14.7. The molecule has 18 heavy (non-hydrogen) atoms. The van der Waals surface area contributed by atoms with Gasteiger partial charge in [-0.2, -0.15) is 0 Å². The van der Waals surface area contributed by atoms with Crippen LogP contribution in [-0.2, 0) is 10.2 Å². The van der Waals surface area contributed by atoms with E-state index in [1.54, 1.807) is 0 Å². The van der Waals surface area contributed by atoms with Gasteiger partial charge in [-0.15, -0.1) is 0 Å². The van der Waals surface area contributed by atoms with E-state index in [4.69, 9.17) is 5.73 Å². The molecule has 0 aromatic heterocycles. The number of anilines is 1. The van der Waals surface area contributed by atoms with E-state index in [0.29, 0.717) is 13.0 Å². The minimum atomic E-state index is -0.0442. The number of benzene rings is 1. The second-order valence-electron chi connectivity index (χ2n) is 5.79. The number of carbonyl (C=O) groups excluding carboxylic acids is 1. The Labute approximate surface area is 110 Å². The maximum Gasteiger partial charge on any atom is 0.227 e. The lowest BCUT2D eigenvalue weighted by Gasteiger charge is -2.19. The van der Waals surface area contributed by atoms with E-state index in [0.717, 1.165) is 5.69 Å². The minimum Gasteiger partial charge on any atom is -0.330 e. The van der Waals surface area contributed by atoms with Crippen molar-refractivity contribution in [2.45, 2.75) is 39.5 Å². The molecule has 3 nitrogen and oxygen atoms in total. The Hall–Kier alpha value is -1.35. The van der Waals surface area contributed by atoms with Crippen LogP contribution in [0.2, 0.25) is 0 Å². The van der Waals surface area contributed by atoms with Gasteiger partial charge >= 0.3 is 0 Å². The number of rotatable bonds is 4. The van der Waals surface area contributed by atoms with Crippen molar-refractivity contribution in [3.63, 3.8) is 0 Å². The van der Waals surface area contributed by atoms with Gasteiger partial charge in [0.05, 0.1) is 0 Å². The molecule has 3 heteroatoms. The third-order valence-corrected chi connectivity index (χ3v) is 3.07. The van der Waals surface area contributed by atoms with Crippen molar-refractivity contribution in [2.75, 3.05) is 11.9 Å². The summed E-state index contributed by atoms with van der Waals surface area (Å²) in [6, 6.07) is 8.02. The number of nitrogens with two attached hydrogens (primary N) is 1. The molecule has 0 aliphatic carbocycles. The van der Waals surface area contributed by atoms with E-state index < -0.39 is 0 Å². The fourth-order valence-corrected chi connectivity index (χ4v) is 1.70. The quantitative estimate of drug-likeness (QED) is 0.860. The van der Waals surface area contributed by atoms with Crippen LogP contribution in [0.4, 0.5) is 5.69 Å². The molecule has 0 bridgehead atoms. The van der Waals surface area contributed by atoms with Crippen LogP contribution in [0.15, 0.2) is 24.3 Å². The second kappa shape index (κ2) is 6.01. The van der Waals surface area contributed by atoms with Gasteiger partial charge in [0, 0.05) is 11.6 Å². The maximum absolute atomic E-state index is 11.8. The molecule has 0 spiro atoms. The van der Waals surface area contributed by atoms with Gasteiger partial charge < -0.3 is 11.1 Å². The molecule has 0 saturated heterocycles. The molecule has 1 atom stereocenters. The van der Waals surface area contributed by atoms with Crippen LogP contribution in [0.3, 0.4) is 0 Å². The van der Waals surface area contributed by atoms with Gasteiger partial charge in [-0.1, -0.05) is 39.8 Å². The Balaban J connectivity index is 2.67. The van der Waals surface area contributed by atoms with Crippen LogP contribution in [0.25, 0.3) is 0 Å². The number of amides is 1. The SMILES string of the molecule is CC(CCN)C(=O)Nc1ccc(C(C)(C)C)cc1. The molecule has 0 saturated carbocycles.